The molecule has 0 radical (unpaired) electrons. The second kappa shape index (κ2) is 7.56. The molecule has 29 heavy (non-hydrogen) atoms. The van der Waals surface area contributed by atoms with Gasteiger partial charge in [0.1, 0.15) is 11.6 Å². The summed E-state index contributed by atoms with van der Waals surface area (Å²) in [7, 11) is -4.14. The smallest absolute Gasteiger partial charge is 0.262 e. The summed E-state index contributed by atoms with van der Waals surface area (Å²) in [5, 5.41) is 0. The van der Waals surface area contributed by atoms with Gasteiger partial charge in [0.05, 0.1) is 17.2 Å². The lowest BCUT2D eigenvalue weighted by Crippen LogP contribution is -2.14. The van der Waals surface area contributed by atoms with Crippen LogP contribution in [0.2, 0.25) is 0 Å². The molecule has 0 saturated carbocycles. The summed E-state index contributed by atoms with van der Waals surface area (Å²) < 4.78 is 54.2. The Morgan fingerprint density at radius 2 is 1.79 bits per heavy atom. The summed E-state index contributed by atoms with van der Waals surface area (Å²) in [5.74, 6) is -1.93. The van der Waals surface area contributed by atoms with Crippen LogP contribution in [0.25, 0.3) is 6.08 Å². The Hall–Kier alpha value is -3.39. The van der Waals surface area contributed by atoms with Gasteiger partial charge in [-0.05, 0) is 47.5 Å². The van der Waals surface area contributed by atoms with Crippen molar-refractivity contribution in [2.45, 2.75) is 11.4 Å². The van der Waals surface area contributed by atoms with Crippen LogP contribution in [0.15, 0.2) is 76.9 Å². The molecule has 0 atom stereocenters. The van der Waals surface area contributed by atoms with E-state index in [-0.39, 0.29) is 5.69 Å². The molecule has 0 spiro atoms. The normalized spacial score (nSPS) is 13.4. The van der Waals surface area contributed by atoms with Gasteiger partial charge < -0.3 is 0 Å². The summed E-state index contributed by atoms with van der Waals surface area (Å²) in [4.78, 5) is 8.03. The fourth-order valence-corrected chi connectivity index (χ4v) is 4.05. The van der Waals surface area contributed by atoms with Gasteiger partial charge in [0.2, 0.25) is 0 Å². The van der Waals surface area contributed by atoms with E-state index in [1.54, 1.807) is 30.6 Å². The maximum atomic E-state index is 13.4. The van der Waals surface area contributed by atoms with Gasteiger partial charge in [-0.2, -0.15) is 0 Å². The van der Waals surface area contributed by atoms with E-state index in [1.807, 2.05) is 24.3 Å². The number of sulfonamides is 1. The molecule has 5 nitrogen and oxygen atoms in total. The van der Waals surface area contributed by atoms with Crippen molar-refractivity contribution in [3.8, 4) is 0 Å². The third-order valence-electron chi connectivity index (χ3n) is 4.32. The molecule has 0 unspecified atom stereocenters. The molecular weight excluding hydrogens is 396 g/mol. The van der Waals surface area contributed by atoms with Crippen LogP contribution in [0.5, 0.6) is 0 Å². The summed E-state index contributed by atoms with van der Waals surface area (Å²) in [6, 6.07) is 10.9. The number of nitrogens with zero attached hydrogens (tertiary/aromatic N) is 2. The van der Waals surface area contributed by atoms with E-state index in [0.717, 1.165) is 28.8 Å². The summed E-state index contributed by atoms with van der Waals surface area (Å²) in [5.41, 5.74) is 3.64. The average molecular weight is 411 g/mol. The SMILES string of the molecule is O=S(=O)(Nc1ccc2c(c1)C(/C=C/c1cccnc1)=NC2)c1cc(F)cc(F)c1. The first-order chi connectivity index (χ1) is 13.9. The zero-order valence-electron chi connectivity index (χ0n) is 15.0. The number of fused-ring (bicyclic) bond motifs is 1. The van der Waals surface area contributed by atoms with Crippen LogP contribution < -0.4 is 4.72 Å². The Labute approximate surface area is 166 Å². The van der Waals surface area contributed by atoms with Crippen LogP contribution in [-0.2, 0) is 16.6 Å². The Balaban J connectivity index is 1.60. The topological polar surface area (TPSA) is 71.4 Å². The van der Waals surface area contributed by atoms with E-state index in [4.69, 9.17) is 0 Å². The molecule has 3 aromatic rings. The Bertz CT molecular complexity index is 1220. The molecule has 146 valence electrons. The quantitative estimate of drug-likeness (QED) is 0.685. The number of benzene rings is 2. The lowest BCUT2D eigenvalue weighted by molar-refractivity contribution is 0.568. The third kappa shape index (κ3) is 4.22. The van der Waals surface area contributed by atoms with E-state index in [2.05, 4.69) is 14.7 Å². The van der Waals surface area contributed by atoms with Crippen molar-refractivity contribution in [1.29, 1.82) is 0 Å². The summed E-state index contributed by atoms with van der Waals surface area (Å²) >= 11 is 0. The number of rotatable bonds is 5. The highest BCUT2D eigenvalue weighted by atomic mass is 32.2. The first-order valence-electron chi connectivity index (χ1n) is 8.65. The lowest BCUT2D eigenvalue weighted by Gasteiger charge is -2.10. The van der Waals surface area contributed by atoms with Crippen molar-refractivity contribution in [2.75, 3.05) is 4.72 Å². The Kier molecular flexibility index (Phi) is 4.94. The molecule has 8 heteroatoms. The zero-order chi connectivity index (χ0) is 20.4. The molecule has 0 aliphatic carbocycles. The van der Waals surface area contributed by atoms with Gasteiger partial charge in [-0.1, -0.05) is 18.2 Å². The predicted molar refractivity (Wildman–Crippen MR) is 107 cm³/mol. The van der Waals surface area contributed by atoms with Crippen molar-refractivity contribution in [1.82, 2.24) is 4.98 Å². The van der Waals surface area contributed by atoms with Gasteiger partial charge >= 0.3 is 0 Å². The second-order valence-electron chi connectivity index (χ2n) is 6.40. The van der Waals surface area contributed by atoms with Gasteiger partial charge in [-0.25, -0.2) is 17.2 Å². The van der Waals surface area contributed by atoms with Gasteiger partial charge in [0.15, 0.2) is 0 Å². The first-order valence-corrected chi connectivity index (χ1v) is 10.1. The van der Waals surface area contributed by atoms with Crippen LogP contribution >= 0.6 is 0 Å². The fraction of sp³-hybridized carbons (Fsp3) is 0.0476. The molecule has 2 heterocycles. The zero-order valence-corrected chi connectivity index (χ0v) is 15.8. The van der Waals surface area contributed by atoms with Crippen molar-refractivity contribution in [3.63, 3.8) is 0 Å². The molecule has 4 rings (SSSR count). The predicted octanol–water partition coefficient (Wildman–Crippen LogP) is 4.18. The number of halogens is 2. The minimum absolute atomic E-state index is 0.276. The number of aliphatic imine (C=N–C) groups is 1. The molecule has 2 aromatic carbocycles. The van der Waals surface area contributed by atoms with Gasteiger partial charge in [-0.15, -0.1) is 0 Å². The van der Waals surface area contributed by atoms with Crippen LogP contribution in [0.1, 0.15) is 16.7 Å². The first kappa shape index (κ1) is 18.9. The molecule has 0 amide bonds. The maximum Gasteiger partial charge on any atom is 0.262 e. The Morgan fingerprint density at radius 1 is 1.00 bits per heavy atom. The molecular formula is C21H15F2N3O2S. The van der Waals surface area contributed by atoms with Gasteiger partial charge in [0, 0.05) is 29.7 Å². The highest BCUT2D eigenvalue weighted by molar-refractivity contribution is 7.92. The summed E-state index contributed by atoms with van der Waals surface area (Å²) in [6.07, 6.45) is 7.11. The molecule has 1 aromatic heterocycles. The Morgan fingerprint density at radius 3 is 2.52 bits per heavy atom. The van der Waals surface area contributed by atoms with E-state index in [0.29, 0.717) is 18.3 Å². The fourth-order valence-electron chi connectivity index (χ4n) is 2.96. The number of pyridine rings is 1. The molecule has 0 saturated heterocycles. The van der Waals surface area contributed by atoms with Crippen molar-refractivity contribution >= 4 is 27.5 Å². The minimum Gasteiger partial charge on any atom is -0.280 e. The van der Waals surface area contributed by atoms with E-state index in [1.165, 1.54) is 0 Å². The highest BCUT2D eigenvalue weighted by Crippen LogP contribution is 2.26. The van der Waals surface area contributed by atoms with E-state index in [9.17, 15) is 17.2 Å². The third-order valence-corrected chi connectivity index (χ3v) is 5.68. The summed E-state index contributed by atoms with van der Waals surface area (Å²) in [6.45, 7) is 0.490. The number of hydrogen-bond donors (Lipinski definition) is 1. The number of anilines is 1. The van der Waals surface area contributed by atoms with Crippen molar-refractivity contribution in [2.24, 2.45) is 4.99 Å². The van der Waals surface area contributed by atoms with Gasteiger partial charge in [0.25, 0.3) is 10.0 Å². The lowest BCUT2D eigenvalue weighted by atomic mass is 10.0. The number of aromatic nitrogens is 1. The van der Waals surface area contributed by atoms with E-state index >= 15 is 0 Å². The molecule has 1 N–H and O–H groups in total. The van der Waals surface area contributed by atoms with Gasteiger partial charge in [-0.3, -0.25) is 14.7 Å². The molecule has 0 bridgehead atoms. The number of allylic oxidation sites excluding steroid dienone is 1. The standard InChI is InChI=1S/C21H15F2N3O2S/c22-16-8-17(23)10-19(9-16)29(27,28)26-18-5-4-15-13-25-21(20(15)11-18)6-3-14-2-1-7-24-12-14/h1-12,26H,13H2/b6-3+. The molecule has 1 aliphatic heterocycles. The van der Waals surface area contributed by atoms with Crippen LogP contribution in [-0.4, -0.2) is 19.1 Å². The average Bonchev–Trinajstić information content (AvgIpc) is 3.08. The van der Waals surface area contributed by atoms with E-state index < -0.39 is 26.6 Å². The van der Waals surface area contributed by atoms with Crippen molar-refractivity contribution in [3.05, 3.63) is 95.3 Å². The molecule has 1 aliphatic rings. The maximum absolute atomic E-state index is 13.4. The van der Waals surface area contributed by atoms with Crippen LogP contribution in [0, 0.1) is 11.6 Å². The second-order valence-corrected chi connectivity index (χ2v) is 8.09. The monoisotopic (exact) mass is 411 g/mol. The molecule has 0 fully saturated rings. The van der Waals surface area contributed by atoms with Crippen molar-refractivity contribution < 1.29 is 17.2 Å². The minimum atomic E-state index is -4.14. The number of nitrogens with one attached hydrogen (secondary N) is 1. The highest BCUT2D eigenvalue weighted by Gasteiger charge is 2.19. The number of hydrogen-bond acceptors (Lipinski definition) is 4. The van der Waals surface area contributed by atoms with Crippen LogP contribution in [0.4, 0.5) is 14.5 Å². The largest absolute Gasteiger partial charge is 0.280 e. The van der Waals surface area contributed by atoms with Crippen LogP contribution in [0.3, 0.4) is 0 Å².